The molecular weight excluding hydrogens is 230 g/mol. The SMILES string of the molecule is CCCC[C@H](NC(=O)C(C1CC1)C1CC1)C(=O)O. The van der Waals surface area contributed by atoms with Crippen LogP contribution < -0.4 is 5.32 Å². The third-order valence-corrected chi connectivity index (χ3v) is 4.02. The summed E-state index contributed by atoms with van der Waals surface area (Å²) in [4.78, 5) is 23.3. The Balaban J connectivity index is 1.88. The number of hydrogen-bond acceptors (Lipinski definition) is 2. The standard InChI is InChI=1S/C14H23NO3/c1-2-3-4-11(14(17)18)15-13(16)12(9-5-6-9)10-7-8-10/h9-12H,2-8H2,1H3,(H,15,16)(H,17,18)/t11-/m0/s1. The summed E-state index contributed by atoms with van der Waals surface area (Å²) in [5.74, 6) is 0.232. The van der Waals surface area contributed by atoms with Gasteiger partial charge >= 0.3 is 5.97 Å². The molecule has 0 spiro atoms. The van der Waals surface area contributed by atoms with Crippen molar-refractivity contribution in [2.45, 2.75) is 57.9 Å². The van der Waals surface area contributed by atoms with E-state index >= 15 is 0 Å². The Kier molecular flexibility index (Phi) is 4.25. The number of rotatable bonds is 8. The number of carbonyl (C=O) groups is 2. The second-order valence-corrected chi connectivity index (χ2v) is 5.74. The molecule has 0 unspecified atom stereocenters. The van der Waals surface area contributed by atoms with E-state index in [1.165, 1.54) is 0 Å². The van der Waals surface area contributed by atoms with E-state index in [4.69, 9.17) is 5.11 Å². The predicted octanol–water partition coefficient (Wildman–Crippen LogP) is 2.18. The van der Waals surface area contributed by atoms with Crippen molar-refractivity contribution in [3.8, 4) is 0 Å². The number of nitrogens with one attached hydrogen (secondary N) is 1. The molecule has 0 aromatic rings. The van der Waals surface area contributed by atoms with Gasteiger partial charge in [0.1, 0.15) is 6.04 Å². The van der Waals surface area contributed by atoms with Crippen LogP contribution in [0.4, 0.5) is 0 Å². The number of amides is 1. The van der Waals surface area contributed by atoms with E-state index in [1.807, 2.05) is 6.92 Å². The van der Waals surface area contributed by atoms with E-state index in [2.05, 4.69) is 5.32 Å². The van der Waals surface area contributed by atoms with Gasteiger partial charge in [-0.3, -0.25) is 4.79 Å². The van der Waals surface area contributed by atoms with Gasteiger partial charge in [-0.15, -0.1) is 0 Å². The van der Waals surface area contributed by atoms with Crippen molar-refractivity contribution < 1.29 is 14.7 Å². The minimum Gasteiger partial charge on any atom is -0.480 e. The maximum atomic E-state index is 12.2. The monoisotopic (exact) mass is 253 g/mol. The smallest absolute Gasteiger partial charge is 0.326 e. The molecule has 4 heteroatoms. The lowest BCUT2D eigenvalue weighted by Crippen LogP contribution is -2.44. The molecule has 18 heavy (non-hydrogen) atoms. The van der Waals surface area contributed by atoms with Gasteiger partial charge in [0.05, 0.1) is 0 Å². The zero-order valence-corrected chi connectivity index (χ0v) is 11.0. The highest BCUT2D eigenvalue weighted by Gasteiger charge is 2.46. The molecule has 2 rings (SSSR count). The van der Waals surface area contributed by atoms with Crippen molar-refractivity contribution in [1.82, 2.24) is 5.32 Å². The first-order valence-electron chi connectivity index (χ1n) is 7.16. The van der Waals surface area contributed by atoms with Gasteiger partial charge in [0.25, 0.3) is 0 Å². The highest BCUT2D eigenvalue weighted by molar-refractivity contribution is 5.85. The van der Waals surface area contributed by atoms with Crippen LogP contribution in [0, 0.1) is 17.8 Å². The Morgan fingerprint density at radius 1 is 1.22 bits per heavy atom. The molecule has 0 radical (unpaired) electrons. The maximum absolute atomic E-state index is 12.2. The molecule has 0 bridgehead atoms. The summed E-state index contributed by atoms with van der Waals surface area (Å²) < 4.78 is 0. The molecule has 0 aromatic carbocycles. The summed E-state index contributed by atoms with van der Waals surface area (Å²) >= 11 is 0. The fraction of sp³-hybridized carbons (Fsp3) is 0.857. The minimum absolute atomic E-state index is 0.0106. The van der Waals surface area contributed by atoms with Crippen LogP contribution in [0.3, 0.4) is 0 Å². The van der Waals surface area contributed by atoms with Gasteiger partial charge in [-0.2, -0.15) is 0 Å². The number of carboxylic acid groups (broad SMARTS) is 1. The van der Waals surface area contributed by atoms with Crippen LogP contribution in [0.2, 0.25) is 0 Å². The molecule has 2 N–H and O–H groups in total. The fourth-order valence-electron chi connectivity index (χ4n) is 2.66. The molecule has 2 saturated carbocycles. The van der Waals surface area contributed by atoms with Gasteiger partial charge in [-0.05, 0) is 43.9 Å². The van der Waals surface area contributed by atoms with Crippen LogP contribution in [0.15, 0.2) is 0 Å². The van der Waals surface area contributed by atoms with E-state index < -0.39 is 12.0 Å². The van der Waals surface area contributed by atoms with E-state index in [1.54, 1.807) is 0 Å². The molecule has 0 aromatic heterocycles. The third kappa shape index (κ3) is 3.47. The Hall–Kier alpha value is -1.06. The first kappa shape index (κ1) is 13.4. The Bertz CT molecular complexity index is 309. The highest BCUT2D eigenvalue weighted by Crippen LogP contribution is 2.49. The molecule has 1 amide bonds. The topological polar surface area (TPSA) is 66.4 Å². The van der Waals surface area contributed by atoms with E-state index in [0.717, 1.165) is 38.5 Å². The van der Waals surface area contributed by atoms with Crippen LogP contribution in [0.5, 0.6) is 0 Å². The molecule has 0 heterocycles. The second-order valence-electron chi connectivity index (χ2n) is 5.74. The molecule has 4 nitrogen and oxygen atoms in total. The lowest BCUT2D eigenvalue weighted by Gasteiger charge is -2.19. The van der Waals surface area contributed by atoms with Crippen LogP contribution in [0.25, 0.3) is 0 Å². The lowest BCUT2D eigenvalue weighted by atomic mass is 9.96. The van der Waals surface area contributed by atoms with E-state index in [-0.39, 0.29) is 11.8 Å². The first-order chi connectivity index (χ1) is 8.63. The van der Waals surface area contributed by atoms with Gasteiger partial charge in [0.2, 0.25) is 5.91 Å². The summed E-state index contributed by atoms with van der Waals surface area (Å²) in [6.45, 7) is 2.03. The predicted molar refractivity (Wildman–Crippen MR) is 68.0 cm³/mol. The van der Waals surface area contributed by atoms with Crippen LogP contribution in [-0.2, 0) is 9.59 Å². The number of aliphatic carboxylic acids is 1. The number of hydrogen-bond donors (Lipinski definition) is 2. The second kappa shape index (κ2) is 5.72. The molecule has 1 atom stereocenters. The quantitative estimate of drug-likeness (QED) is 0.696. The molecule has 102 valence electrons. The fourth-order valence-corrected chi connectivity index (χ4v) is 2.66. The van der Waals surface area contributed by atoms with Crippen molar-refractivity contribution in [2.75, 3.05) is 0 Å². The third-order valence-electron chi connectivity index (χ3n) is 4.02. The number of carboxylic acids is 1. The summed E-state index contributed by atoms with van der Waals surface area (Å²) in [6.07, 6.45) is 6.90. The van der Waals surface area contributed by atoms with E-state index in [0.29, 0.717) is 18.3 Å². The maximum Gasteiger partial charge on any atom is 0.326 e. The molecule has 2 aliphatic rings. The summed E-state index contributed by atoms with van der Waals surface area (Å²) in [6, 6.07) is -0.697. The van der Waals surface area contributed by atoms with Crippen molar-refractivity contribution in [1.29, 1.82) is 0 Å². The van der Waals surface area contributed by atoms with Gasteiger partial charge in [0, 0.05) is 5.92 Å². The van der Waals surface area contributed by atoms with Crippen molar-refractivity contribution in [3.05, 3.63) is 0 Å². The van der Waals surface area contributed by atoms with Crippen LogP contribution in [-0.4, -0.2) is 23.0 Å². The van der Waals surface area contributed by atoms with Crippen molar-refractivity contribution in [3.63, 3.8) is 0 Å². The number of unbranched alkanes of at least 4 members (excludes halogenated alkanes) is 1. The van der Waals surface area contributed by atoms with Gasteiger partial charge in [-0.1, -0.05) is 19.8 Å². The Morgan fingerprint density at radius 3 is 2.17 bits per heavy atom. The Labute approximate surface area is 108 Å². The zero-order chi connectivity index (χ0) is 13.1. The average Bonchev–Trinajstić information content (AvgIpc) is 3.17. The minimum atomic E-state index is -0.901. The number of carbonyl (C=O) groups excluding carboxylic acids is 1. The molecular formula is C14H23NO3. The summed E-state index contributed by atoms with van der Waals surface area (Å²) in [5, 5.41) is 11.9. The normalized spacial score (nSPS) is 20.8. The Morgan fingerprint density at radius 2 is 1.78 bits per heavy atom. The van der Waals surface area contributed by atoms with Gasteiger partial charge in [0.15, 0.2) is 0 Å². The lowest BCUT2D eigenvalue weighted by molar-refractivity contribution is -0.143. The molecule has 0 saturated heterocycles. The van der Waals surface area contributed by atoms with Gasteiger partial charge in [-0.25, -0.2) is 4.79 Å². The van der Waals surface area contributed by atoms with Crippen molar-refractivity contribution in [2.24, 2.45) is 17.8 Å². The zero-order valence-electron chi connectivity index (χ0n) is 11.0. The summed E-state index contributed by atoms with van der Waals surface area (Å²) in [5.41, 5.74) is 0. The van der Waals surface area contributed by atoms with E-state index in [9.17, 15) is 9.59 Å². The highest BCUT2D eigenvalue weighted by atomic mass is 16.4. The van der Waals surface area contributed by atoms with Crippen molar-refractivity contribution >= 4 is 11.9 Å². The van der Waals surface area contributed by atoms with Crippen LogP contribution >= 0.6 is 0 Å². The van der Waals surface area contributed by atoms with Crippen LogP contribution in [0.1, 0.15) is 51.9 Å². The molecule has 2 aliphatic carbocycles. The molecule has 2 fully saturated rings. The van der Waals surface area contributed by atoms with Gasteiger partial charge < -0.3 is 10.4 Å². The largest absolute Gasteiger partial charge is 0.480 e. The first-order valence-corrected chi connectivity index (χ1v) is 7.16. The molecule has 0 aliphatic heterocycles. The summed E-state index contributed by atoms with van der Waals surface area (Å²) in [7, 11) is 0. The average molecular weight is 253 g/mol.